The normalized spacial score (nSPS) is 11.8. The van der Waals surface area contributed by atoms with Crippen LogP contribution in [-0.2, 0) is 0 Å². The first-order valence-electron chi connectivity index (χ1n) is 5.29. The zero-order valence-corrected chi connectivity index (χ0v) is 9.11. The Bertz CT molecular complexity index is 508. The van der Waals surface area contributed by atoms with Crippen molar-refractivity contribution >= 4 is 5.78 Å². The molecule has 0 spiro atoms. The summed E-state index contributed by atoms with van der Waals surface area (Å²) in [6, 6.07) is 16.6. The van der Waals surface area contributed by atoms with E-state index in [1.54, 1.807) is 48.5 Å². The van der Waals surface area contributed by atoms with Gasteiger partial charge in [0, 0.05) is 5.56 Å². The molecule has 2 aromatic carbocycles. The summed E-state index contributed by atoms with van der Waals surface area (Å²) in [4.78, 5) is 22.9. The van der Waals surface area contributed by atoms with Crippen molar-refractivity contribution in [3.05, 3.63) is 76.7 Å². The first kappa shape index (κ1) is 11.2. The Morgan fingerprint density at radius 3 is 1.94 bits per heavy atom. The van der Waals surface area contributed by atoms with Crippen LogP contribution in [0.4, 0.5) is 0 Å². The maximum Gasteiger partial charge on any atom is 0.195 e. The van der Waals surface area contributed by atoms with Crippen LogP contribution in [0, 0.1) is 4.91 Å². The third kappa shape index (κ3) is 2.45. The number of nitroso groups, excluding NO2 is 1. The monoisotopic (exact) mass is 225 g/mol. The summed E-state index contributed by atoms with van der Waals surface area (Å²) < 4.78 is 0. The van der Waals surface area contributed by atoms with Crippen molar-refractivity contribution in [2.75, 3.05) is 0 Å². The van der Waals surface area contributed by atoms with Crippen LogP contribution < -0.4 is 0 Å². The number of carbonyl (C=O) groups is 1. The molecule has 0 aliphatic rings. The van der Waals surface area contributed by atoms with Crippen LogP contribution >= 0.6 is 0 Å². The molecule has 0 saturated heterocycles. The van der Waals surface area contributed by atoms with Crippen LogP contribution in [0.1, 0.15) is 22.0 Å². The third-order valence-corrected chi connectivity index (χ3v) is 2.53. The first-order chi connectivity index (χ1) is 8.33. The largest absolute Gasteiger partial charge is 0.291 e. The van der Waals surface area contributed by atoms with Gasteiger partial charge in [0.1, 0.15) is 0 Å². The number of Topliss-reactive ketones (excluding diaryl/α,β-unsaturated/α-hetero) is 1. The van der Waals surface area contributed by atoms with Crippen LogP contribution in [-0.4, -0.2) is 5.78 Å². The quantitative estimate of drug-likeness (QED) is 0.591. The van der Waals surface area contributed by atoms with Gasteiger partial charge in [-0.2, -0.15) is 0 Å². The molecule has 0 amide bonds. The summed E-state index contributed by atoms with van der Waals surface area (Å²) in [6.07, 6.45) is 0. The number of ketones is 1. The van der Waals surface area contributed by atoms with E-state index in [4.69, 9.17) is 0 Å². The third-order valence-electron chi connectivity index (χ3n) is 2.53. The molecular weight excluding hydrogens is 214 g/mol. The van der Waals surface area contributed by atoms with Gasteiger partial charge in [-0.25, -0.2) is 0 Å². The smallest absolute Gasteiger partial charge is 0.195 e. The molecule has 2 rings (SSSR count). The summed E-state index contributed by atoms with van der Waals surface area (Å²) in [6.45, 7) is 0. The second kappa shape index (κ2) is 5.16. The summed E-state index contributed by atoms with van der Waals surface area (Å²) in [5.74, 6) is -0.271. The minimum Gasteiger partial charge on any atom is -0.291 e. The zero-order chi connectivity index (χ0) is 12.1. The van der Waals surface area contributed by atoms with Crippen molar-refractivity contribution in [2.45, 2.75) is 6.04 Å². The van der Waals surface area contributed by atoms with Gasteiger partial charge in [0.15, 0.2) is 11.8 Å². The molecule has 2 aromatic rings. The molecule has 17 heavy (non-hydrogen) atoms. The fourth-order valence-corrected chi connectivity index (χ4v) is 1.66. The molecule has 84 valence electrons. The van der Waals surface area contributed by atoms with Gasteiger partial charge in [-0.3, -0.25) is 4.79 Å². The molecule has 0 N–H and O–H groups in total. The van der Waals surface area contributed by atoms with E-state index in [1.807, 2.05) is 12.1 Å². The van der Waals surface area contributed by atoms with E-state index in [0.717, 1.165) is 0 Å². The maximum atomic E-state index is 12.1. The van der Waals surface area contributed by atoms with Gasteiger partial charge in [-0.1, -0.05) is 65.8 Å². The van der Waals surface area contributed by atoms with Gasteiger partial charge in [-0.05, 0) is 5.56 Å². The van der Waals surface area contributed by atoms with Crippen LogP contribution in [0.5, 0.6) is 0 Å². The molecule has 0 radical (unpaired) electrons. The minimum absolute atomic E-state index is 0.271. The molecule has 1 unspecified atom stereocenters. The van der Waals surface area contributed by atoms with Crippen molar-refractivity contribution in [1.82, 2.24) is 0 Å². The predicted octanol–water partition coefficient (Wildman–Crippen LogP) is 3.38. The van der Waals surface area contributed by atoms with E-state index < -0.39 is 6.04 Å². The lowest BCUT2D eigenvalue weighted by atomic mass is 9.98. The van der Waals surface area contributed by atoms with Gasteiger partial charge in [0.2, 0.25) is 0 Å². The molecule has 0 aliphatic carbocycles. The second-order valence-electron chi connectivity index (χ2n) is 3.65. The predicted molar refractivity (Wildman–Crippen MR) is 65.8 cm³/mol. The Labute approximate surface area is 99.1 Å². The van der Waals surface area contributed by atoms with Crippen LogP contribution in [0.15, 0.2) is 65.8 Å². The number of benzene rings is 2. The highest BCUT2D eigenvalue weighted by atomic mass is 16.3. The number of hydrogen-bond acceptors (Lipinski definition) is 3. The Morgan fingerprint density at radius 1 is 0.882 bits per heavy atom. The Morgan fingerprint density at radius 2 is 1.41 bits per heavy atom. The second-order valence-corrected chi connectivity index (χ2v) is 3.65. The molecule has 1 atom stereocenters. The molecule has 0 heterocycles. The highest BCUT2D eigenvalue weighted by molar-refractivity contribution is 6.00. The number of hydrogen-bond donors (Lipinski definition) is 0. The Hall–Kier alpha value is -2.29. The lowest BCUT2D eigenvalue weighted by Crippen LogP contribution is -2.10. The number of nitrogens with zero attached hydrogens (tertiary/aromatic N) is 1. The van der Waals surface area contributed by atoms with Crippen molar-refractivity contribution in [2.24, 2.45) is 5.18 Å². The topological polar surface area (TPSA) is 46.5 Å². The summed E-state index contributed by atoms with van der Waals surface area (Å²) >= 11 is 0. The summed E-state index contributed by atoms with van der Waals surface area (Å²) in [5, 5.41) is 2.94. The summed E-state index contributed by atoms with van der Waals surface area (Å²) in [7, 11) is 0. The average molecular weight is 225 g/mol. The first-order valence-corrected chi connectivity index (χ1v) is 5.29. The Kier molecular flexibility index (Phi) is 3.40. The van der Waals surface area contributed by atoms with Gasteiger partial charge >= 0.3 is 0 Å². The lowest BCUT2D eigenvalue weighted by Gasteiger charge is -2.08. The average Bonchev–Trinajstić information content (AvgIpc) is 2.42. The highest BCUT2D eigenvalue weighted by Crippen LogP contribution is 2.21. The maximum absolute atomic E-state index is 12.1. The number of rotatable bonds is 4. The van der Waals surface area contributed by atoms with E-state index in [-0.39, 0.29) is 5.78 Å². The van der Waals surface area contributed by atoms with Crippen molar-refractivity contribution in [1.29, 1.82) is 0 Å². The van der Waals surface area contributed by atoms with Crippen LogP contribution in [0.25, 0.3) is 0 Å². The van der Waals surface area contributed by atoms with Gasteiger partial charge in [-0.15, -0.1) is 4.91 Å². The molecular formula is C14H11NO2. The minimum atomic E-state index is -0.960. The van der Waals surface area contributed by atoms with E-state index in [0.29, 0.717) is 11.1 Å². The van der Waals surface area contributed by atoms with Crippen molar-refractivity contribution in [3.63, 3.8) is 0 Å². The number of carbonyl (C=O) groups excluding carboxylic acids is 1. The van der Waals surface area contributed by atoms with E-state index in [9.17, 15) is 9.70 Å². The molecule has 3 nitrogen and oxygen atoms in total. The molecule has 0 bridgehead atoms. The molecule has 0 fully saturated rings. The zero-order valence-electron chi connectivity index (χ0n) is 9.11. The molecule has 0 saturated carbocycles. The van der Waals surface area contributed by atoms with Crippen LogP contribution in [0.3, 0.4) is 0 Å². The Balaban J connectivity index is 2.32. The van der Waals surface area contributed by atoms with Gasteiger partial charge in [0.05, 0.1) is 0 Å². The highest BCUT2D eigenvalue weighted by Gasteiger charge is 2.22. The molecule has 0 aromatic heterocycles. The van der Waals surface area contributed by atoms with E-state index >= 15 is 0 Å². The molecule has 3 heteroatoms. The fraction of sp³-hybridized carbons (Fsp3) is 0.0714. The van der Waals surface area contributed by atoms with Gasteiger partial charge in [0.25, 0.3) is 0 Å². The fourth-order valence-electron chi connectivity index (χ4n) is 1.66. The van der Waals surface area contributed by atoms with Crippen molar-refractivity contribution < 1.29 is 4.79 Å². The summed E-state index contributed by atoms with van der Waals surface area (Å²) in [5.41, 5.74) is 1.12. The van der Waals surface area contributed by atoms with Crippen molar-refractivity contribution in [3.8, 4) is 0 Å². The standard InChI is InChI=1S/C14H11NO2/c16-14(12-9-5-2-6-10-12)13(15-17)11-7-3-1-4-8-11/h1-10,13H. The van der Waals surface area contributed by atoms with Gasteiger partial charge < -0.3 is 0 Å². The van der Waals surface area contributed by atoms with E-state index in [1.165, 1.54) is 0 Å². The SMILES string of the molecule is O=NC(C(=O)c1ccccc1)c1ccccc1. The van der Waals surface area contributed by atoms with E-state index in [2.05, 4.69) is 5.18 Å². The lowest BCUT2D eigenvalue weighted by molar-refractivity contribution is 0.0962. The van der Waals surface area contributed by atoms with Crippen LogP contribution in [0.2, 0.25) is 0 Å². The molecule has 0 aliphatic heterocycles.